The molecule has 2 heterocycles. The van der Waals surface area contributed by atoms with Gasteiger partial charge in [0, 0.05) is 9.41 Å². The van der Waals surface area contributed by atoms with Crippen LogP contribution in [0.5, 0.6) is 0 Å². The van der Waals surface area contributed by atoms with Gasteiger partial charge in [0.25, 0.3) is 0 Å². The first kappa shape index (κ1) is 14.7. The Labute approximate surface area is 120 Å². The van der Waals surface area contributed by atoms with E-state index in [9.17, 15) is 8.42 Å². The van der Waals surface area contributed by atoms with Crippen LogP contribution in [0.15, 0.2) is 34.2 Å². The highest BCUT2D eigenvalue weighted by Crippen LogP contribution is 2.47. The predicted octanol–water partition coefficient (Wildman–Crippen LogP) is 4.45. The zero-order valence-electron chi connectivity index (χ0n) is 12.0. The van der Waals surface area contributed by atoms with Crippen LogP contribution in [-0.4, -0.2) is 16.5 Å². The van der Waals surface area contributed by atoms with Crippen molar-refractivity contribution in [3.05, 3.63) is 39.1 Å². The van der Waals surface area contributed by atoms with E-state index in [1.807, 2.05) is 23.6 Å². The maximum absolute atomic E-state index is 12.8. The van der Waals surface area contributed by atoms with Crippen LogP contribution < -0.4 is 0 Å². The molecular formula is C14H20O2S2Si. The molecular weight excluding hydrogens is 292 g/mol. The number of thiophene rings is 1. The highest BCUT2D eigenvalue weighted by molar-refractivity contribution is 8.06. The number of hydrogen-bond acceptors (Lipinski definition) is 3. The monoisotopic (exact) mass is 312 g/mol. The number of allylic oxidation sites excluding steroid dienone is 2. The lowest BCUT2D eigenvalue weighted by Crippen LogP contribution is -2.41. The molecule has 5 heteroatoms. The van der Waals surface area contributed by atoms with E-state index in [1.54, 1.807) is 6.08 Å². The van der Waals surface area contributed by atoms with E-state index in [4.69, 9.17) is 0 Å². The van der Waals surface area contributed by atoms with Gasteiger partial charge in [-0.3, -0.25) is 0 Å². The normalized spacial score (nSPS) is 19.2. The van der Waals surface area contributed by atoms with Gasteiger partial charge in [-0.05, 0) is 22.6 Å². The lowest BCUT2D eigenvalue weighted by Gasteiger charge is -2.37. The zero-order valence-corrected chi connectivity index (χ0v) is 14.7. The van der Waals surface area contributed by atoms with Crippen LogP contribution >= 0.6 is 11.3 Å². The lowest BCUT2D eigenvalue weighted by molar-refractivity contribution is 0.612. The van der Waals surface area contributed by atoms with Crippen molar-refractivity contribution in [3.63, 3.8) is 0 Å². The summed E-state index contributed by atoms with van der Waals surface area (Å²) in [6.07, 6.45) is 3.61. The Kier molecular flexibility index (Phi) is 3.44. The van der Waals surface area contributed by atoms with Gasteiger partial charge < -0.3 is 0 Å². The van der Waals surface area contributed by atoms with Gasteiger partial charge in [0.2, 0.25) is 0 Å². The van der Waals surface area contributed by atoms with Crippen LogP contribution in [0.2, 0.25) is 18.1 Å². The Morgan fingerprint density at radius 1 is 1.16 bits per heavy atom. The third-order valence-electron chi connectivity index (χ3n) is 4.22. The van der Waals surface area contributed by atoms with Crippen molar-refractivity contribution in [2.45, 2.75) is 38.9 Å². The minimum atomic E-state index is -3.30. The highest BCUT2D eigenvalue weighted by Gasteiger charge is 2.46. The van der Waals surface area contributed by atoms with Gasteiger partial charge in [-0.2, -0.15) is 0 Å². The van der Waals surface area contributed by atoms with Gasteiger partial charge in [0.1, 0.15) is 8.07 Å². The summed E-state index contributed by atoms with van der Waals surface area (Å²) in [6, 6.07) is 3.76. The summed E-state index contributed by atoms with van der Waals surface area (Å²) < 4.78 is 26.2. The Hall–Kier alpha value is -0.653. The molecule has 0 radical (unpaired) electrons. The number of rotatable bonds is 2. The molecule has 104 valence electrons. The van der Waals surface area contributed by atoms with E-state index in [2.05, 4.69) is 33.9 Å². The average Bonchev–Trinajstić information content (AvgIpc) is 2.82. The molecule has 1 aromatic rings. The average molecular weight is 313 g/mol. The van der Waals surface area contributed by atoms with Crippen molar-refractivity contribution < 1.29 is 8.42 Å². The molecule has 2 rings (SSSR count). The van der Waals surface area contributed by atoms with Crippen LogP contribution in [-0.2, 0) is 9.84 Å². The topological polar surface area (TPSA) is 34.1 Å². The Balaban J connectivity index is 2.47. The van der Waals surface area contributed by atoms with Crippen LogP contribution in [0, 0.1) is 0 Å². The zero-order chi connectivity index (χ0) is 14.5. The molecule has 1 aliphatic rings. The van der Waals surface area contributed by atoms with Gasteiger partial charge in [0.05, 0.1) is 4.91 Å². The van der Waals surface area contributed by atoms with Crippen molar-refractivity contribution in [3.8, 4) is 0 Å². The second-order valence-electron chi connectivity index (χ2n) is 6.42. The molecule has 0 aromatic carbocycles. The van der Waals surface area contributed by atoms with Crippen LogP contribution in [0.25, 0.3) is 4.91 Å². The molecule has 0 N–H and O–H groups in total. The van der Waals surface area contributed by atoms with Crippen LogP contribution in [0.3, 0.4) is 0 Å². The number of sulfone groups is 1. The molecule has 0 unspecified atom stereocenters. The van der Waals surface area contributed by atoms with Gasteiger partial charge in [-0.15, -0.1) is 11.3 Å². The van der Waals surface area contributed by atoms with E-state index >= 15 is 0 Å². The third kappa shape index (κ3) is 2.28. The molecule has 0 saturated carbocycles. The minimum Gasteiger partial charge on any atom is -0.219 e. The van der Waals surface area contributed by atoms with Gasteiger partial charge in [0.15, 0.2) is 9.84 Å². The fourth-order valence-electron chi connectivity index (χ4n) is 2.00. The maximum Gasteiger partial charge on any atom is 0.200 e. The Morgan fingerprint density at radius 2 is 1.79 bits per heavy atom. The van der Waals surface area contributed by atoms with Crippen molar-refractivity contribution >= 4 is 34.2 Å². The molecule has 0 aliphatic carbocycles. The molecule has 0 saturated heterocycles. The summed E-state index contributed by atoms with van der Waals surface area (Å²) in [5.74, 6) is 0. The van der Waals surface area contributed by atoms with Gasteiger partial charge in [-0.25, -0.2) is 8.42 Å². The first-order chi connectivity index (χ1) is 8.58. The first-order valence-corrected chi connectivity index (χ1v) is 11.7. The predicted molar refractivity (Wildman–Crippen MR) is 86.5 cm³/mol. The maximum atomic E-state index is 12.8. The second kappa shape index (κ2) is 4.43. The number of hydrogen-bond donors (Lipinski definition) is 0. The van der Waals surface area contributed by atoms with Crippen molar-refractivity contribution in [2.24, 2.45) is 0 Å². The van der Waals surface area contributed by atoms with Crippen LogP contribution in [0.1, 0.15) is 25.6 Å². The molecule has 0 fully saturated rings. The summed E-state index contributed by atoms with van der Waals surface area (Å²) in [6.45, 7) is 10.7. The highest BCUT2D eigenvalue weighted by atomic mass is 32.2. The van der Waals surface area contributed by atoms with E-state index in [0.717, 1.165) is 4.88 Å². The summed E-state index contributed by atoms with van der Waals surface area (Å²) in [4.78, 5) is 1.31. The standard InChI is InChI=1S/C14H20O2S2Si/c1-14(2,3)19(4,5)13-9-8-12(18(13,15)16)11-7-6-10-17-11/h6-10H,1-5H3. The molecule has 0 atom stereocenters. The first-order valence-electron chi connectivity index (χ1n) is 6.30. The Morgan fingerprint density at radius 3 is 2.26 bits per heavy atom. The van der Waals surface area contributed by atoms with Crippen molar-refractivity contribution in [2.75, 3.05) is 0 Å². The molecule has 0 bridgehead atoms. The SMILES string of the molecule is CC(C)(C)[Si](C)(C)C1=CC=C(c2cccs2)S1(=O)=O. The second-order valence-corrected chi connectivity index (χ2v) is 14.9. The van der Waals surface area contributed by atoms with Gasteiger partial charge >= 0.3 is 0 Å². The molecule has 0 spiro atoms. The summed E-state index contributed by atoms with van der Waals surface area (Å²) in [5, 5.41) is 1.93. The Bertz CT molecular complexity index is 642. The smallest absolute Gasteiger partial charge is 0.200 e. The molecule has 2 nitrogen and oxygen atoms in total. The summed E-state index contributed by atoms with van der Waals surface area (Å²) >= 11 is 1.48. The van der Waals surface area contributed by atoms with Crippen molar-refractivity contribution in [1.82, 2.24) is 0 Å². The third-order valence-corrected chi connectivity index (χ3v) is 14.4. The fraction of sp³-hybridized carbons (Fsp3) is 0.429. The quantitative estimate of drug-likeness (QED) is 0.756. The minimum absolute atomic E-state index is 0.0185. The summed E-state index contributed by atoms with van der Waals surface area (Å²) in [7, 11) is -5.33. The van der Waals surface area contributed by atoms with E-state index in [1.165, 1.54) is 11.3 Å². The lowest BCUT2D eigenvalue weighted by atomic mass is 10.2. The van der Waals surface area contributed by atoms with Gasteiger partial charge in [-0.1, -0.05) is 46.0 Å². The summed E-state index contributed by atoms with van der Waals surface area (Å²) in [5.41, 5.74) is 0. The van der Waals surface area contributed by atoms with E-state index in [-0.39, 0.29) is 5.04 Å². The molecule has 1 aliphatic heterocycles. The molecule has 19 heavy (non-hydrogen) atoms. The fourth-order valence-corrected chi connectivity index (χ4v) is 9.35. The molecule has 1 aromatic heterocycles. The largest absolute Gasteiger partial charge is 0.219 e. The van der Waals surface area contributed by atoms with E-state index < -0.39 is 17.9 Å². The van der Waals surface area contributed by atoms with E-state index in [0.29, 0.717) is 9.43 Å². The van der Waals surface area contributed by atoms with Crippen molar-refractivity contribution in [1.29, 1.82) is 0 Å². The van der Waals surface area contributed by atoms with Crippen LogP contribution in [0.4, 0.5) is 0 Å². The molecule has 0 amide bonds.